The highest BCUT2D eigenvalue weighted by molar-refractivity contribution is 6.00. The molecule has 22 heavy (non-hydrogen) atoms. The van der Waals surface area contributed by atoms with Gasteiger partial charge in [0.1, 0.15) is 11.6 Å². The van der Waals surface area contributed by atoms with Crippen LogP contribution in [0.2, 0.25) is 0 Å². The molecule has 0 unspecified atom stereocenters. The van der Waals surface area contributed by atoms with E-state index in [0.29, 0.717) is 5.56 Å². The fraction of sp³-hybridized carbons (Fsp3) is 0.176. The molecule has 114 valence electrons. The van der Waals surface area contributed by atoms with E-state index in [9.17, 15) is 18.4 Å². The summed E-state index contributed by atoms with van der Waals surface area (Å²) in [6.07, 6.45) is -0.0888. The molecule has 0 spiro atoms. The summed E-state index contributed by atoms with van der Waals surface area (Å²) in [6, 6.07) is 9.52. The van der Waals surface area contributed by atoms with E-state index in [1.165, 1.54) is 36.4 Å². The highest BCUT2D eigenvalue weighted by Gasteiger charge is 2.11. The fourth-order valence-electron chi connectivity index (χ4n) is 1.95. The predicted molar refractivity (Wildman–Crippen MR) is 79.7 cm³/mol. The zero-order chi connectivity index (χ0) is 16.1. The van der Waals surface area contributed by atoms with Crippen LogP contribution in [0.3, 0.4) is 0 Å². The minimum absolute atomic E-state index is 0.0229. The SMILES string of the molecule is Cc1ccc(F)c(NC(=O)CCC(=O)c2ccc(F)cc2)c1. The van der Waals surface area contributed by atoms with Crippen molar-refractivity contribution in [3.05, 3.63) is 65.2 Å². The summed E-state index contributed by atoms with van der Waals surface area (Å²) in [5.74, 6) is -1.66. The van der Waals surface area contributed by atoms with Crippen LogP contribution in [0.15, 0.2) is 42.5 Å². The van der Waals surface area contributed by atoms with Crippen molar-refractivity contribution in [2.24, 2.45) is 0 Å². The monoisotopic (exact) mass is 303 g/mol. The van der Waals surface area contributed by atoms with Crippen LogP contribution in [0.1, 0.15) is 28.8 Å². The van der Waals surface area contributed by atoms with Crippen molar-refractivity contribution in [2.75, 3.05) is 5.32 Å². The second kappa shape index (κ2) is 6.93. The summed E-state index contributed by atoms with van der Waals surface area (Å²) in [4.78, 5) is 23.6. The Labute approximate surface area is 127 Å². The van der Waals surface area contributed by atoms with Gasteiger partial charge in [-0.2, -0.15) is 0 Å². The Morgan fingerprint density at radius 3 is 2.36 bits per heavy atom. The van der Waals surface area contributed by atoms with Crippen LogP contribution >= 0.6 is 0 Å². The first kappa shape index (κ1) is 15.8. The summed E-state index contributed by atoms with van der Waals surface area (Å²) in [5, 5.41) is 2.44. The Balaban J connectivity index is 1.91. The quantitative estimate of drug-likeness (QED) is 0.852. The lowest BCUT2D eigenvalue weighted by Crippen LogP contribution is -2.14. The number of anilines is 1. The van der Waals surface area contributed by atoms with Crippen molar-refractivity contribution in [3.63, 3.8) is 0 Å². The van der Waals surface area contributed by atoms with Gasteiger partial charge in [0.2, 0.25) is 5.91 Å². The Morgan fingerprint density at radius 2 is 1.68 bits per heavy atom. The molecule has 5 heteroatoms. The maximum absolute atomic E-state index is 13.5. The van der Waals surface area contributed by atoms with Crippen molar-refractivity contribution in [1.29, 1.82) is 0 Å². The molecule has 2 rings (SSSR count). The van der Waals surface area contributed by atoms with E-state index in [1.807, 2.05) is 0 Å². The Kier molecular flexibility index (Phi) is 4.99. The predicted octanol–water partition coefficient (Wildman–Crippen LogP) is 3.87. The Morgan fingerprint density at radius 1 is 1.00 bits per heavy atom. The molecule has 2 aromatic carbocycles. The largest absolute Gasteiger partial charge is 0.324 e. The maximum Gasteiger partial charge on any atom is 0.224 e. The summed E-state index contributed by atoms with van der Waals surface area (Å²) in [5.41, 5.74) is 1.26. The summed E-state index contributed by atoms with van der Waals surface area (Å²) in [6.45, 7) is 1.78. The number of Topliss-reactive ketones (excluding diaryl/α,β-unsaturated/α-hetero) is 1. The molecule has 0 radical (unpaired) electrons. The number of hydrogen-bond donors (Lipinski definition) is 1. The summed E-state index contributed by atoms with van der Waals surface area (Å²) in [7, 11) is 0. The van der Waals surface area contributed by atoms with Crippen molar-refractivity contribution in [3.8, 4) is 0 Å². The molecule has 1 amide bonds. The molecule has 3 nitrogen and oxygen atoms in total. The van der Waals surface area contributed by atoms with Gasteiger partial charge < -0.3 is 5.32 Å². The highest BCUT2D eigenvalue weighted by Crippen LogP contribution is 2.16. The number of aryl methyl sites for hydroxylation is 1. The average Bonchev–Trinajstić information content (AvgIpc) is 2.49. The van der Waals surface area contributed by atoms with Crippen molar-refractivity contribution >= 4 is 17.4 Å². The number of ketones is 1. The van der Waals surface area contributed by atoms with Gasteiger partial charge in [-0.05, 0) is 48.9 Å². The lowest BCUT2D eigenvalue weighted by Gasteiger charge is -2.07. The standard InChI is InChI=1S/C17H15F2NO2/c1-11-2-7-14(19)15(10-11)20-17(22)9-8-16(21)12-3-5-13(18)6-4-12/h2-7,10H,8-9H2,1H3,(H,20,22). The Hall–Kier alpha value is -2.56. The molecule has 2 aromatic rings. The molecule has 0 saturated heterocycles. The third-order valence-electron chi connectivity index (χ3n) is 3.14. The summed E-state index contributed by atoms with van der Waals surface area (Å²) < 4.78 is 26.3. The van der Waals surface area contributed by atoms with Gasteiger partial charge in [-0.1, -0.05) is 6.07 Å². The van der Waals surface area contributed by atoms with Crippen LogP contribution in [-0.4, -0.2) is 11.7 Å². The molecule has 1 N–H and O–H groups in total. The number of hydrogen-bond acceptors (Lipinski definition) is 2. The third-order valence-corrected chi connectivity index (χ3v) is 3.14. The summed E-state index contributed by atoms with van der Waals surface area (Å²) >= 11 is 0. The van der Waals surface area contributed by atoms with Crippen molar-refractivity contribution in [1.82, 2.24) is 0 Å². The molecule has 0 heterocycles. The van der Waals surface area contributed by atoms with Crippen molar-refractivity contribution in [2.45, 2.75) is 19.8 Å². The van der Waals surface area contributed by atoms with Gasteiger partial charge in [0.15, 0.2) is 5.78 Å². The zero-order valence-corrected chi connectivity index (χ0v) is 12.0. The van der Waals surface area contributed by atoms with Gasteiger partial charge in [-0.3, -0.25) is 9.59 Å². The third kappa shape index (κ3) is 4.22. The van der Waals surface area contributed by atoms with Gasteiger partial charge in [0, 0.05) is 18.4 Å². The van der Waals surface area contributed by atoms with E-state index >= 15 is 0 Å². The second-order valence-electron chi connectivity index (χ2n) is 4.96. The minimum atomic E-state index is -0.524. The van der Waals surface area contributed by atoms with Gasteiger partial charge >= 0.3 is 0 Å². The second-order valence-corrected chi connectivity index (χ2v) is 4.96. The van der Waals surface area contributed by atoms with E-state index < -0.39 is 17.5 Å². The van der Waals surface area contributed by atoms with E-state index in [2.05, 4.69) is 5.32 Å². The fourth-order valence-corrected chi connectivity index (χ4v) is 1.95. The number of carbonyl (C=O) groups is 2. The normalized spacial score (nSPS) is 10.3. The molecule has 0 aliphatic rings. The molecule has 0 aliphatic heterocycles. The van der Waals surface area contributed by atoms with E-state index in [1.54, 1.807) is 13.0 Å². The molecule has 0 fully saturated rings. The van der Waals surface area contributed by atoms with Crippen LogP contribution < -0.4 is 5.32 Å². The van der Waals surface area contributed by atoms with Crippen LogP contribution in [0.4, 0.5) is 14.5 Å². The number of benzene rings is 2. The number of rotatable bonds is 5. The van der Waals surface area contributed by atoms with Crippen LogP contribution in [0, 0.1) is 18.6 Å². The molecule has 0 bridgehead atoms. The number of nitrogens with one attached hydrogen (secondary N) is 1. The first-order chi connectivity index (χ1) is 10.5. The number of halogens is 2. The molecule has 0 saturated carbocycles. The van der Waals surface area contributed by atoms with Gasteiger partial charge in [-0.15, -0.1) is 0 Å². The van der Waals surface area contributed by atoms with E-state index in [0.717, 1.165) is 5.56 Å². The topological polar surface area (TPSA) is 46.2 Å². The zero-order valence-electron chi connectivity index (χ0n) is 12.0. The molecule has 0 atom stereocenters. The van der Waals surface area contributed by atoms with Gasteiger partial charge in [0.05, 0.1) is 5.69 Å². The molecular weight excluding hydrogens is 288 g/mol. The number of amides is 1. The molecule has 0 aromatic heterocycles. The van der Waals surface area contributed by atoms with E-state index in [-0.39, 0.29) is 24.3 Å². The minimum Gasteiger partial charge on any atom is -0.324 e. The van der Waals surface area contributed by atoms with Gasteiger partial charge in [-0.25, -0.2) is 8.78 Å². The smallest absolute Gasteiger partial charge is 0.224 e. The van der Waals surface area contributed by atoms with Crippen molar-refractivity contribution < 1.29 is 18.4 Å². The number of carbonyl (C=O) groups excluding carboxylic acids is 2. The van der Waals surface area contributed by atoms with E-state index in [4.69, 9.17) is 0 Å². The molecule has 0 aliphatic carbocycles. The van der Waals surface area contributed by atoms with Crippen LogP contribution in [0.5, 0.6) is 0 Å². The lowest BCUT2D eigenvalue weighted by atomic mass is 10.1. The maximum atomic E-state index is 13.5. The first-order valence-corrected chi connectivity index (χ1v) is 6.80. The van der Waals surface area contributed by atoms with Crippen LogP contribution in [-0.2, 0) is 4.79 Å². The highest BCUT2D eigenvalue weighted by atomic mass is 19.1. The van der Waals surface area contributed by atoms with Gasteiger partial charge in [0.25, 0.3) is 0 Å². The molecular formula is C17H15F2NO2. The Bertz CT molecular complexity index is 696. The lowest BCUT2D eigenvalue weighted by molar-refractivity contribution is -0.116. The average molecular weight is 303 g/mol. The first-order valence-electron chi connectivity index (χ1n) is 6.80. The van der Waals surface area contributed by atoms with Crippen LogP contribution in [0.25, 0.3) is 0 Å².